The van der Waals surface area contributed by atoms with Crippen LogP contribution in [0, 0.1) is 17.0 Å². The van der Waals surface area contributed by atoms with Gasteiger partial charge >= 0.3 is 0 Å². The molecule has 0 radical (unpaired) electrons. The lowest BCUT2D eigenvalue weighted by Crippen LogP contribution is -2.37. The molecule has 5 heteroatoms. The summed E-state index contributed by atoms with van der Waals surface area (Å²) >= 11 is 0. The first-order valence-electron chi connectivity index (χ1n) is 5.16. The lowest BCUT2D eigenvalue weighted by atomic mass is 9.92. The Hall–Kier alpha value is -1.62. The van der Waals surface area contributed by atoms with Crippen molar-refractivity contribution < 1.29 is 14.8 Å². The summed E-state index contributed by atoms with van der Waals surface area (Å²) in [4.78, 5) is 10.2. The van der Waals surface area contributed by atoms with Crippen LogP contribution in [0.5, 0.6) is 5.75 Å². The van der Waals surface area contributed by atoms with Crippen LogP contribution in [0.15, 0.2) is 18.2 Å². The summed E-state index contributed by atoms with van der Waals surface area (Å²) in [5.74, 6) is 0.625. The van der Waals surface area contributed by atoms with E-state index < -0.39 is 4.92 Å². The van der Waals surface area contributed by atoms with E-state index in [1.165, 1.54) is 6.07 Å². The molecule has 1 aliphatic carbocycles. The van der Waals surface area contributed by atoms with E-state index in [1.807, 2.05) is 0 Å². The molecule has 0 saturated heterocycles. The van der Waals surface area contributed by atoms with Crippen molar-refractivity contribution in [1.29, 1.82) is 0 Å². The molecule has 1 aliphatic rings. The highest BCUT2D eigenvalue weighted by Crippen LogP contribution is 2.28. The van der Waals surface area contributed by atoms with Gasteiger partial charge in [-0.3, -0.25) is 10.1 Å². The van der Waals surface area contributed by atoms with Crippen LogP contribution in [-0.2, 0) is 0 Å². The second kappa shape index (κ2) is 4.09. The van der Waals surface area contributed by atoms with Gasteiger partial charge in [0.05, 0.1) is 11.0 Å². The van der Waals surface area contributed by atoms with Gasteiger partial charge in [-0.1, -0.05) is 0 Å². The summed E-state index contributed by atoms with van der Waals surface area (Å²) in [5.41, 5.74) is 0.684. The summed E-state index contributed by atoms with van der Waals surface area (Å²) in [7, 11) is 0. The van der Waals surface area contributed by atoms with E-state index in [-0.39, 0.29) is 17.9 Å². The van der Waals surface area contributed by atoms with Crippen molar-refractivity contribution in [2.45, 2.75) is 32.0 Å². The van der Waals surface area contributed by atoms with Gasteiger partial charge in [-0.2, -0.15) is 0 Å². The van der Waals surface area contributed by atoms with Crippen LogP contribution in [0.4, 0.5) is 5.69 Å². The highest BCUT2D eigenvalue weighted by atomic mass is 16.6. The second-order valence-corrected chi connectivity index (χ2v) is 4.07. The molecule has 0 aliphatic heterocycles. The average Bonchev–Trinajstić information content (AvgIpc) is 2.15. The maximum Gasteiger partial charge on any atom is 0.272 e. The van der Waals surface area contributed by atoms with E-state index in [1.54, 1.807) is 19.1 Å². The van der Waals surface area contributed by atoms with Gasteiger partial charge in [-0.15, -0.1) is 0 Å². The van der Waals surface area contributed by atoms with Crippen molar-refractivity contribution in [2.75, 3.05) is 0 Å². The molecule has 0 atom stereocenters. The zero-order valence-electron chi connectivity index (χ0n) is 8.92. The number of ether oxygens (including phenoxy) is 1. The van der Waals surface area contributed by atoms with Gasteiger partial charge in [0.2, 0.25) is 0 Å². The number of aryl methyl sites for hydroxylation is 1. The van der Waals surface area contributed by atoms with E-state index in [2.05, 4.69) is 0 Å². The molecular formula is C11H13NO4. The Morgan fingerprint density at radius 3 is 2.69 bits per heavy atom. The fraction of sp³-hybridized carbons (Fsp3) is 0.455. The molecule has 1 N–H and O–H groups in total. The number of nitro benzene ring substituents is 1. The van der Waals surface area contributed by atoms with Crippen LogP contribution >= 0.6 is 0 Å². The predicted molar refractivity (Wildman–Crippen MR) is 57.5 cm³/mol. The fourth-order valence-electron chi connectivity index (χ4n) is 1.73. The number of hydrogen-bond acceptors (Lipinski definition) is 4. The molecule has 0 aromatic heterocycles. The minimum atomic E-state index is -0.411. The highest BCUT2D eigenvalue weighted by Gasteiger charge is 2.29. The second-order valence-electron chi connectivity index (χ2n) is 4.07. The van der Waals surface area contributed by atoms with Crippen molar-refractivity contribution in [1.82, 2.24) is 0 Å². The molecule has 1 aromatic carbocycles. The number of hydrogen-bond donors (Lipinski definition) is 1. The first-order valence-corrected chi connectivity index (χ1v) is 5.16. The van der Waals surface area contributed by atoms with Crippen molar-refractivity contribution in [3.63, 3.8) is 0 Å². The van der Waals surface area contributed by atoms with Gasteiger partial charge in [-0.05, 0) is 19.1 Å². The Morgan fingerprint density at radius 2 is 2.19 bits per heavy atom. The Morgan fingerprint density at radius 1 is 1.50 bits per heavy atom. The summed E-state index contributed by atoms with van der Waals surface area (Å²) < 4.78 is 5.55. The smallest absolute Gasteiger partial charge is 0.272 e. The van der Waals surface area contributed by atoms with E-state index >= 15 is 0 Å². The van der Waals surface area contributed by atoms with Gasteiger partial charge in [0.1, 0.15) is 11.9 Å². The van der Waals surface area contributed by atoms with Crippen LogP contribution in [0.3, 0.4) is 0 Å². The number of aliphatic hydroxyl groups excluding tert-OH is 1. The number of rotatable bonds is 3. The van der Waals surface area contributed by atoms with Crippen LogP contribution in [0.25, 0.3) is 0 Å². The number of nitro groups is 1. The molecule has 16 heavy (non-hydrogen) atoms. The molecule has 0 bridgehead atoms. The fourth-order valence-corrected chi connectivity index (χ4v) is 1.73. The highest BCUT2D eigenvalue weighted by molar-refractivity contribution is 5.44. The normalized spacial score (nSPS) is 23.6. The topological polar surface area (TPSA) is 72.6 Å². The van der Waals surface area contributed by atoms with E-state index in [0.29, 0.717) is 24.2 Å². The van der Waals surface area contributed by atoms with Gasteiger partial charge in [0.25, 0.3) is 5.69 Å². The van der Waals surface area contributed by atoms with Gasteiger partial charge in [-0.25, -0.2) is 0 Å². The monoisotopic (exact) mass is 223 g/mol. The first kappa shape index (κ1) is 10.9. The lowest BCUT2D eigenvalue weighted by Gasteiger charge is -2.31. The van der Waals surface area contributed by atoms with E-state index in [9.17, 15) is 10.1 Å². The van der Waals surface area contributed by atoms with Crippen molar-refractivity contribution in [3.8, 4) is 5.75 Å². The summed E-state index contributed by atoms with van der Waals surface area (Å²) in [5, 5.41) is 19.7. The molecule has 1 aromatic rings. The summed E-state index contributed by atoms with van der Waals surface area (Å²) in [6.45, 7) is 1.68. The molecule has 86 valence electrons. The maximum atomic E-state index is 10.6. The predicted octanol–water partition coefficient (Wildman–Crippen LogP) is 1.81. The Balaban J connectivity index is 2.06. The zero-order valence-corrected chi connectivity index (χ0v) is 8.92. The van der Waals surface area contributed by atoms with E-state index in [4.69, 9.17) is 9.84 Å². The Labute approximate surface area is 92.8 Å². The third-order valence-electron chi connectivity index (χ3n) is 2.74. The molecule has 0 amide bonds. The molecule has 2 rings (SSSR count). The van der Waals surface area contributed by atoms with Crippen LogP contribution in [-0.4, -0.2) is 22.2 Å². The molecule has 0 heterocycles. The van der Waals surface area contributed by atoms with Crippen molar-refractivity contribution in [3.05, 3.63) is 33.9 Å². The number of benzene rings is 1. The summed E-state index contributed by atoms with van der Waals surface area (Å²) in [6.07, 6.45) is 1.05. The van der Waals surface area contributed by atoms with Crippen LogP contribution < -0.4 is 4.74 Å². The molecular weight excluding hydrogens is 210 g/mol. The molecule has 1 fully saturated rings. The zero-order chi connectivity index (χ0) is 11.7. The average molecular weight is 223 g/mol. The van der Waals surface area contributed by atoms with Crippen LogP contribution in [0.2, 0.25) is 0 Å². The Bertz CT molecular complexity index is 412. The maximum absolute atomic E-state index is 10.6. The SMILES string of the molecule is Cc1cc(OC2CC(O)C2)ccc1[N+](=O)[O-]. The third-order valence-corrected chi connectivity index (χ3v) is 2.74. The number of aliphatic hydroxyl groups is 1. The third kappa shape index (κ3) is 2.14. The Kier molecular flexibility index (Phi) is 2.78. The molecule has 0 spiro atoms. The van der Waals surface area contributed by atoms with Gasteiger partial charge in [0.15, 0.2) is 0 Å². The molecule has 0 unspecified atom stereocenters. The number of nitrogens with zero attached hydrogens (tertiary/aromatic N) is 1. The van der Waals surface area contributed by atoms with Crippen molar-refractivity contribution >= 4 is 5.69 Å². The molecule has 5 nitrogen and oxygen atoms in total. The summed E-state index contributed by atoms with van der Waals surface area (Å²) in [6, 6.07) is 4.69. The quantitative estimate of drug-likeness (QED) is 0.626. The van der Waals surface area contributed by atoms with Gasteiger partial charge < -0.3 is 9.84 Å². The minimum absolute atomic E-state index is 0.0378. The molecule has 1 saturated carbocycles. The van der Waals surface area contributed by atoms with Crippen molar-refractivity contribution in [2.24, 2.45) is 0 Å². The lowest BCUT2D eigenvalue weighted by molar-refractivity contribution is -0.385. The van der Waals surface area contributed by atoms with E-state index in [0.717, 1.165) is 0 Å². The largest absolute Gasteiger partial charge is 0.490 e. The minimum Gasteiger partial charge on any atom is -0.490 e. The standard InChI is InChI=1S/C11H13NO4/c1-7-4-9(2-3-11(7)12(14)15)16-10-5-8(13)6-10/h2-4,8,10,13H,5-6H2,1H3. The van der Waals surface area contributed by atoms with Gasteiger partial charge in [0, 0.05) is 24.5 Å². The first-order chi connectivity index (χ1) is 7.56. The van der Waals surface area contributed by atoms with Crippen LogP contribution in [0.1, 0.15) is 18.4 Å².